The topological polar surface area (TPSA) is 75.7 Å². The number of halogens is 1. The first-order valence-electron chi connectivity index (χ1n) is 7.00. The lowest BCUT2D eigenvalue weighted by Crippen LogP contribution is -2.13. The molecule has 0 radical (unpaired) electrons. The number of nitrogens with zero attached hydrogens (tertiary/aromatic N) is 2. The van der Waals surface area contributed by atoms with E-state index in [2.05, 4.69) is 15.2 Å². The normalized spacial score (nSPS) is 21.5. The highest BCUT2D eigenvalue weighted by Crippen LogP contribution is 2.42. The van der Waals surface area contributed by atoms with Crippen LogP contribution in [-0.2, 0) is 16.3 Å². The molecular weight excluding hydrogens is 310 g/mol. The lowest BCUT2D eigenvalue weighted by molar-refractivity contribution is 0.572. The molecule has 1 atom stereocenters. The van der Waals surface area contributed by atoms with Crippen molar-refractivity contribution in [2.45, 2.75) is 42.0 Å². The number of sulfone groups is 1. The highest BCUT2D eigenvalue weighted by atomic mass is 35.5. The van der Waals surface area contributed by atoms with Crippen molar-refractivity contribution in [3.05, 3.63) is 40.2 Å². The van der Waals surface area contributed by atoms with Crippen molar-refractivity contribution in [1.29, 1.82) is 0 Å². The molecule has 0 amide bonds. The number of benzene rings is 1. The molecule has 2 aliphatic rings. The molecule has 0 saturated heterocycles. The molecule has 21 heavy (non-hydrogen) atoms. The molecule has 0 aliphatic heterocycles. The molecule has 110 valence electrons. The predicted octanol–water partition coefficient (Wildman–Crippen LogP) is 2.80. The average molecular weight is 324 g/mol. The van der Waals surface area contributed by atoms with Gasteiger partial charge in [-0.1, -0.05) is 17.7 Å². The number of rotatable bonds is 3. The number of hydrogen-bond acceptors (Lipinski definition) is 4. The summed E-state index contributed by atoms with van der Waals surface area (Å²) in [6, 6.07) is 5.39. The van der Waals surface area contributed by atoms with Gasteiger partial charge in [-0.15, -0.1) is 5.10 Å². The maximum absolute atomic E-state index is 12.8. The minimum Gasteiger partial charge on any atom is -0.262 e. The molecule has 1 aromatic heterocycles. The van der Waals surface area contributed by atoms with E-state index in [1.54, 1.807) is 12.1 Å². The number of aromatic amines is 1. The molecule has 5 nitrogen and oxygen atoms in total. The van der Waals surface area contributed by atoms with Gasteiger partial charge in [0.05, 0.1) is 5.25 Å². The molecule has 2 aromatic rings. The van der Waals surface area contributed by atoms with E-state index in [9.17, 15) is 8.42 Å². The maximum Gasteiger partial charge on any atom is 0.267 e. The first-order valence-corrected chi connectivity index (χ1v) is 8.92. The fourth-order valence-electron chi connectivity index (χ4n) is 2.92. The first kappa shape index (κ1) is 13.3. The van der Waals surface area contributed by atoms with Crippen LogP contribution in [0, 0.1) is 0 Å². The summed E-state index contributed by atoms with van der Waals surface area (Å²) in [6.07, 6.45) is 3.39. The Bertz CT molecular complexity index is 811. The zero-order chi connectivity index (χ0) is 14.6. The third-order valence-corrected chi connectivity index (χ3v) is 6.37. The van der Waals surface area contributed by atoms with E-state index < -0.39 is 15.1 Å². The lowest BCUT2D eigenvalue weighted by atomic mass is 10.1. The quantitative estimate of drug-likeness (QED) is 0.942. The third kappa shape index (κ3) is 2.17. The van der Waals surface area contributed by atoms with Gasteiger partial charge in [0.2, 0.25) is 9.84 Å². The standard InChI is InChI=1S/C14H14ClN3O2S/c15-10-4-5-11-9(7-10)3-6-12(11)21(19,20)14-16-13(17-18-14)8-1-2-8/h4-5,7-8,12H,1-3,6H2,(H,16,17,18). The Kier molecular flexibility index (Phi) is 2.87. The SMILES string of the molecule is O=S(=O)(c1n[nH]c(C2CC2)n1)C1CCc2cc(Cl)ccc21. The first-order chi connectivity index (χ1) is 10.1. The van der Waals surface area contributed by atoms with Crippen LogP contribution < -0.4 is 0 Å². The zero-order valence-corrected chi connectivity index (χ0v) is 12.8. The Balaban J connectivity index is 1.72. The summed E-state index contributed by atoms with van der Waals surface area (Å²) in [7, 11) is -3.55. The minimum atomic E-state index is -3.55. The average Bonchev–Trinajstić information content (AvgIpc) is 3.02. The van der Waals surface area contributed by atoms with E-state index in [0.717, 1.165) is 30.4 Å². The van der Waals surface area contributed by atoms with Gasteiger partial charge in [-0.3, -0.25) is 5.10 Å². The molecule has 1 fully saturated rings. The molecule has 0 bridgehead atoms. The van der Waals surface area contributed by atoms with Crippen molar-refractivity contribution < 1.29 is 8.42 Å². The second kappa shape index (κ2) is 4.55. The Morgan fingerprint density at radius 2 is 2.05 bits per heavy atom. The number of nitrogens with one attached hydrogen (secondary N) is 1. The molecule has 7 heteroatoms. The maximum atomic E-state index is 12.8. The van der Waals surface area contributed by atoms with Crippen molar-refractivity contribution in [3.63, 3.8) is 0 Å². The summed E-state index contributed by atoms with van der Waals surface area (Å²) < 4.78 is 25.5. The highest BCUT2D eigenvalue weighted by molar-refractivity contribution is 7.91. The molecule has 1 unspecified atom stereocenters. The fraction of sp³-hybridized carbons (Fsp3) is 0.429. The predicted molar refractivity (Wildman–Crippen MR) is 78.1 cm³/mol. The van der Waals surface area contributed by atoms with E-state index in [4.69, 9.17) is 11.6 Å². The molecule has 4 rings (SSSR count). The fourth-order valence-corrected chi connectivity index (χ4v) is 4.76. The van der Waals surface area contributed by atoms with Gasteiger partial charge in [0, 0.05) is 10.9 Å². The third-order valence-electron chi connectivity index (χ3n) is 4.20. The monoisotopic (exact) mass is 323 g/mol. The van der Waals surface area contributed by atoms with E-state index in [1.807, 2.05) is 6.07 Å². The van der Waals surface area contributed by atoms with Crippen LogP contribution in [0.25, 0.3) is 0 Å². The Morgan fingerprint density at radius 3 is 2.81 bits per heavy atom. The van der Waals surface area contributed by atoms with Gasteiger partial charge >= 0.3 is 0 Å². The van der Waals surface area contributed by atoms with Gasteiger partial charge in [-0.2, -0.15) is 0 Å². The second-order valence-corrected chi connectivity index (χ2v) is 8.15. The second-order valence-electron chi connectivity index (χ2n) is 5.69. The molecule has 2 aliphatic carbocycles. The van der Waals surface area contributed by atoms with Crippen molar-refractivity contribution in [1.82, 2.24) is 15.2 Å². The highest BCUT2D eigenvalue weighted by Gasteiger charge is 2.38. The van der Waals surface area contributed by atoms with E-state index in [1.165, 1.54) is 0 Å². The number of H-pyrrole nitrogens is 1. The van der Waals surface area contributed by atoms with Gasteiger partial charge in [-0.05, 0) is 48.9 Å². The summed E-state index contributed by atoms with van der Waals surface area (Å²) >= 11 is 5.97. The van der Waals surface area contributed by atoms with Crippen LogP contribution in [0.5, 0.6) is 0 Å². The Morgan fingerprint density at radius 1 is 1.24 bits per heavy atom. The number of fused-ring (bicyclic) bond motifs is 1. The van der Waals surface area contributed by atoms with Crippen molar-refractivity contribution in [3.8, 4) is 0 Å². The Hall–Kier alpha value is -1.40. The van der Waals surface area contributed by atoms with Crippen LogP contribution in [-0.4, -0.2) is 23.6 Å². The van der Waals surface area contributed by atoms with E-state index in [-0.39, 0.29) is 5.16 Å². The number of aryl methyl sites for hydroxylation is 1. The van der Waals surface area contributed by atoms with Crippen molar-refractivity contribution in [2.24, 2.45) is 0 Å². The molecule has 1 heterocycles. The number of hydrogen-bond donors (Lipinski definition) is 1. The van der Waals surface area contributed by atoms with Crippen LogP contribution in [0.15, 0.2) is 23.4 Å². The Labute approximate surface area is 127 Å². The lowest BCUT2D eigenvalue weighted by Gasteiger charge is -2.10. The molecule has 1 N–H and O–H groups in total. The number of aromatic nitrogens is 3. The van der Waals surface area contributed by atoms with Gasteiger partial charge in [0.25, 0.3) is 5.16 Å². The van der Waals surface area contributed by atoms with E-state index >= 15 is 0 Å². The van der Waals surface area contributed by atoms with Crippen molar-refractivity contribution in [2.75, 3.05) is 0 Å². The summed E-state index contributed by atoms with van der Waals surface area (Å²) in [6.45, 7) is 0. The molecule has 0 spiro atoms. The van der Waals surface area contributed by atoms with Gasteiger partial charge < -0.3 is 0 Å². The van der Waals surface area contributed by atoms with Crippen molar-refractivity contribution >= 4 is 21.4 Å². The van der Waals surface area contributed by atoms with Gasteiger partial charge in [0.1, 0.15) is 5.82 Å². The van der Waals surface area contributed by atoms with Crippen LogP contribution in [0.1, 0.15) is 47.4 Å². The van der Waals surface area contributed by atoms with Crippen LogP contribution in [0.4, 0.5) is 0 Å². The smallest absolute Gasteiger partial charge is 0.262 e. The summed E-state index contributed by atoms with van der Waals surface area (Å²) in [5.41, 5.74) is 1.84. The van der Waals surface area contributed by atoms with E-state index in [0.29, 0.717) is 23.2 Å². The summed E-state index contributed by atoms with van der Waals surface area (Å²) in [4.78, 5) is 4.20. The molecule has 1 saturated carbocycles. The minimum absolute atomic E-state index is 0.0720. The summed E-state index contributed by atoms with van der Waals surface area (Å²) in [5.74, 6) is 1.05. The van der Waals surface area contributed by atoms with Crippen LogP contribution in [0.3, 0.4) is 0 Å². The molecular formula is C14H14ClN3O2S. The van der Waals surface area contributed by atoms with Crippen LogP contribution >= 0.6 is 11.6 Å². The zero-order valence-electron chi connectivity index (χ0n) is 11.2. The van der Waals surface area contributed by atoms with Gasteiger partial charge in [-0.25, -0.2) is 13.4 Å². The molecule has 1 aromatic carbocycles. The van der Waals surface area contributed by atoms with Crippen LogP contribution in [0.2, 0.25) is 5.02 Å². The van der Waals surface area contributed by atoms with Gasteiger partial charge in [0.15, 0.2) is 0 Å². The largest absolute Gasteiger partial charge is 0.267 e. The summed E-state index contributed by atoms with van der Waals surface area (Å²) in [5, 5.41) is 6.71.